The molecule has 0 aliphatic carbocycles. The van der Waals surface area contributed by atoms with Gasteiger partial charge in [0.05, 0.1) is 0 Å². The fourth-order valence-electron chi connectivity index (χ4n) is 1.48. The SMILES string of the molecule is CC(C)C(CBr)CN(C)C(C)C(C)C. The summed E-state index contributed by atoms with van der Waals surface area (Å²) in [5, 5.41) is 1.11. The molecule has 1 nitrogen and oxygen atoms in total. The Morgan fingerprint density at radius 2 is 1.50 bits per heavy atom. The zero-order chi connectivity index (χ0) is 11.3. The van der Waals surface area contributed by atoms with Gasteiger partial charge in [0.25, 0.3) is 0 Å². The molecule has 0 saturated heterocycles. The van der Waals surface area contributed by atoms with E-state index >= 15 is 0 Å². The fraction of sp³-hybridized carbons (Fsp3) is 1.00. The van der Waals surface area contributed by atoms with Crippen molar-refractivity contribution in [3.8, 4) is 0 Å². The molecule has 0 heterocycles. The lowest BCUT2D eigenvalue weighted by molar-refractivity contribution is 0.169. The van der Waals surface area contributed by atoms with Gasteiger partial charge in [-0.25, -0.2) is 0 Å². The molecule has 0 fully saturated rings. The molecule has 0 aromatic heterocycles. The van der Waals surface area contributed by atoms with E-state index < -0.39 is 0 Å². The second-order valence-electron chi connectivity index (χ2n) is 5.08. The molecule has 2 atom stereocenters. The molecule has 0 spiro atoms. The lowest BCUT2D eigenvalue weighted by atomic mass is 9.96. The van der Waals surface area contributed by atoms with Crippen LogP contribution in [-0.2, 0) is 0 Å². The Labute approximate surface area is 98.4 Å². The molecule has 0 saturated carbocycles. The van der Waals surface area contributed by atoms with E-state index in [0.29, 0.717) is 6.04 Å². The number of halogens is 1. The third-order valence-corrected chi connectivity index (χ3v) is 4.16. The van der Waals surface area contributed by atoms with E-state index in [1.165, 1.54) is 6.54 Å². The molecule has 0 rings (SSSR count). The summed E-state index contributed by atoms with van der Waals surface area (Å²) in [6.45, 7) is 12.7. The molecule has 0 radical (unpaired) electrons. The number of hydrogen-bond acceptors (Lipinski definition) is 1. The van der Waals surface area contributed by atoms with Gasteiger partial charge in [0.15, 0.2) is 0 Å². The van der Waals surface area contributed by atoms with Crippen LogP contribution in [0, 0.1) is 17.8 Å². The molecule has 14 heavy (non-hydrogen) atoms. The van der Waals surface area contributed by atoms with Gasteiger partial charge >= 0.3 is 0 Å². The summed E-state index contributed by atoms with van der Waals surface area (Å²) in [6.07, 6.45) is 0. The van der Waals surface area contributed by atoms with Crippen molar-refractivity contribution in [3.63, 3.8) is 0 Å². The molecule has 0 aromatic carbocycles. The van der Waals surface area contributed by atoms with Gasteiger partial charge in [0, 0.05) is 17.9 Å². The van der Waals surface area contributed by atoms with Gasteiger partial charge in [-0.15, -0.1) is 0 Å². The number of rotatable bonds is 6. The third-order valence-electron chi connectivity index (χ3n) is 3.32. The van der Waals surface area contributed by atoms with Gasteiger partial charge in [0.2, 0.25) is 0 Å². The standard InChI is InChI=1S/C12H26BrN/c1-9(2)11(5)14(6)8-12(7-13)10(3)4/h9-12H,7-8H2,1-6H3. The van der Waals surface area contributed by atoms with Gasteiger partial charge in [-0.3, -0.25) is 0 Å². The van der Waals surface area contributed by atoms with Gasteiger partial charge in [-0.1, -0.05) is 43.6 Å². The average molecular weight is 264 g/mol. The average Bonchev–Trinajstić information content (AvgIpc) is 2.11. The minimum absolute atomic E-state index is 0.676. The van der Waals surface area contributed by atoms with E-state index in [0.717, 1.165) is 23.1 Å². The van der Waals surface area contributed by atoms with Gasteiger partial charge in [-0.2, -0.15) is 0 Å². The van der Waals surface area contributed by atoms with E-state index in [9.17, 15) is 0 Å². The van der Waals surface area contributed by atoms with Gasteiger partial charge in [-0.05, 0) is 31.7 Å². The molecule has 0 aliphatic heterocycles. The Bertz CT molecular complexity index is 145. The summed E-state index contributed by atoms with van der Waals surface area (Å²) < 4.78 is 0. The Morgan fingerprint density at radius 1 is 1.00 bits per heavy atom. The summed E-state index contributed by atoms with van der Waals surface area (Å²) in [7, 11) is 2.24. The second-order valence-corrected chi connectivity index (χ2v) is 5.73. The highest BCUT2D eigenvalue weighted by molar-refractivity contribution is 9.09. The first-order chi connectivity index (χ1) is 6.40. The summed E-state index contributed by atoms with van der Waals surface area (Å²) in [5.41, 5.74) is 0. The minimum Gasteiger partial charge on any atom is -0.303 e. The Hall–Kier alpha value is 0.440. The highest BCUT2D eigenvalue weighted by atomic mass is 79.9. The van der Waals surface area contributed by atoms with Crippen LogP contribution < -0.4 is 0 Å². The molecule has 0 aliphatic rings. The normalized spacial score (nSPS) is 16.7. The smallest absolute Gasteiger partial charge is 0.00870 e. The summed E-state index contributed by atoms with van der Waals surface area (Å²) >= 11 is 3.60. The number of alkyl halides is 1. The molecule has 0 N–H and O–H groups in total. The summed E-state index contributed by atoms with van der Waals surface area (Å²) in [6, 6.07) is 0.676. The molecular weight excluding hydrogens is 238 g/mol. The number of nitrogens with zero attached hydrogens (tertiary/aromatic N) is 1. The maximum atomic E-state index is 3.60. The predicted molar refractivity (Wildman–Crippen MR) is 69.1 cm³/mol. The van der Waals surface area contributed by atoms with E-state index in [1.54, 1.807) is 0 Å². The molecular formula is C12H26BrN. The van der Waals surface area contributed by atoms with Gasteiger partial charge in [0.1, 0.15) is 0 Å². The molecule has 2 unspecified atom stereocenters. The maximum Gasteiger partial charge on any atom is 0.00870 e. The van der Waals surface area contributed by atoms with Crippen molar-refractivity contribution in [2.75, 3.05) is 18.9 Å². The first-order valence-electron chi connectivity index (χ1n) is 5.66. The largest absolute Gasteiger partial charge is 0.303 e. The molecule has 86 valence electrons. The van der Waals surface area contributed by atoms with Crippen LogP contribution in [0.5, 0.6) is 0 Å². The molecule has 0 aromatic rings. The zero-order valence-corrected chi connectivity index (χ0v) is 12.1. The molecule has 2 heteroatoms. The first-order valence-corrected chi connectivity index (χ1v) is 6.78. The van der Waals surface area contributed by atoms with E-state index in [1.807, 2.05) is 0 Å². The predicted octanol–water partition coefficient (Wildman–Crippen LogP) is 3.63. The van der Waals surface area contributed by atoms with Crippen LogP contribution in [0.2, 0.25) is 0 Å². The Morgan fingerprint density at radius 3 is 1.79 bits per heavy atom. The van der Waals surface area contributed by atoms with Crippen LogP contribution >= 0.6 is 15.9 Å². The van der Waals surface area contributed by atoms with Crippen LogP contribution in [-0.4, -0.2) is 29.9 Å². The molecule has 0 bridgehead atoms. The quantitative estimate of drug-likeness (QED) is 0.662. The third kappa shape index (κ3) is 4.79. The first kappa shape index (κ1) is 14.4. The minimum atomic E-state index is 0.676. The van der Waals surface area contributed by atoms with Crippen LogP contribution in [0.25, 0.3) is 0 Å². The van der Waals surface area contributed by atoms with Crippen molar-refractivity contribution in [1.29, 1.82) is 0 Å². The van der Waals surface area contributed by atoms with Crippen molar-refractivity contribution in [1.82, 2.24) is 4.90 Å². The maximum absolute atomic E-state index is 3.60. The second kappa shape index (κ2) is 6.84. The van der Waals surface area contributed by atoms with Crippen LogP contribution in [0.3, 0.4) is 0 Å². The highest BCUT2D eigenvalue weighted by Crippen LogP contribution is 2.17. The van der Waals surface area contributed by atoms with E-state index in [2.05, 4.69) is 62.5 Å². The summed E-state index contributed by atoms with van der Waals surface area (Å²) in [4.78, 5) is 2.48. The monoisotopic (exact) mass is 263 g/mol. The Balaban J connectivity index is 4.08. The van der Waals surface area contributed by atoms with Crippen molar-refractivity contribution in [2.24, 2.45) is 17.8 Å². The molecule has 0 amide bonds. The van der Waals surface area contributed by atoms with Crippen LogP contribution in [0.15, 0.2) is 0 Å². The van der Waals surface area contributed by atoms with Crippen molar-refractivity contribution in [3.05, 3.63) is 0 Å². The lowest BCUT2D eigenvalue weighted by Crippen LogP contribution is -2.38. The summed E-state index contributed by atoms with van der Waals surface area (Å²) in [5.74, 6) is 2.26. The highest BCUT2D eigenvalue weighted by Gasteiger charge is 2.19. The van der Waals surface area contributed by atoms with Crippen molar-refractivity contribution in [2.45, 2.75) is 40.7 Å². The lowest BCUT2D eigenvalue weighted by Gasteiger charge is -2.32. The fourth-order valence-corrected chi connectivity index (χ4v) is 2.44. The number of hydrogen-bond donors (Lipinski definition) is 0. The topological polar surface area (TPSA) is 3.24 Å². The zero-order valence-electron chi connectivity index (χ0n) is 10.5. The Kier molecular flexibility index (Phi) is 7.05. The van der Waals surface area contributed by atoms with E-state index in [4.69, 9.17) is 0 Å². The van der Waals surface area contributed by atoms with Crippen LogP contribution in [0.4, 0.5) is 0 Å². The van der Waals surface area contributed by atoms with Crippen LogP contribution in [0.1, 0.15) is 34.6 Å². The van der Waals surface area contributed by atoms with E-state index in [-0.39, 0.29) is 0 Å². The van der Waals surface area contributed by atoms with Gasteiger partial charge < -0.3 is 4.90 Å². The van der Waals surface area contributed by atoms with Crippen molar-refractivity contribution < 1.29 is 0 Å². The van der Waals surface area contributed by atoms with Crippen molar-refractivity contribution >= 4 is 15.9 Å².